The van der Waals surface area contributed by atoms with Crippen molar-refractivity contribution < 1.29 is 0 Å². The topological polar surface area (TPSA) is 43.1 Å². The molecule has 0 atom stereocenters. The van der Waals surface area contributed by atoms with Crippen LogP contribution in [0.3, 0.4) is 0 Å². The summed E-state index contributed by atoms with van der Waals surface area (Å²) in [6.45, 7) is 0. The van der Waals surface area contributed by atoms with Crippen molar-refractivity contribution in [2.24, 2.45) is 0 Å². The van der Waals surface area contributed by atoms with Gasteiger partial charge in [-0.15, -0.1) is 0 Å². The minimum absolute atomic E-state index is 0.694. The van der Waals surface area contributed by atoms with Crippen LogP contribution < -0.4 is 0 Å². The summed E-state index contributed by atoms with van der Waals surface area (Å²) in [7, 11) is 0. The van der Waals surface area contributed by atoms with E-state index in [4.69, 9.17) is 15.0 Å². The first-order valence-electron chi connectivity index (χ1n) is 16.5. The number of rotatable bonds is 4. The number of nitrogens with zero attached hydrogens (tertiary/aromatic N) is 4. The van der Waals surface area contributed by atoms with Crippen molar-refractivity contribution in [3.8, 4) is 45.0 Å². The Balaban J connectivity index is 1.27. The second-order valence-electron chi connectivity index (χ2n) is 12.4. The molecule has 0 aliphatic heterocycles. The van der Waals surface area contributed by atoms with Crippen LogP contribution in [0.25, 0.3) is 94.2 Å². The number of hydrogen-bond donors (Lipinski definition) is 0. The van der Waals surface area contributed by atoms with Crippen LogP contribution in [-0.4, -0.2) is 19.4 Å². The van der Waals surface area contributed by atoms with Gasteiger partial charge in [0.2, 0.25) is 0 Å². The number of benzene rings is 7. The SMILES string of the molecule is c1ccc(-c2ccc(-c3nc(-c4ccccc4)cc(-c4cc5c6ccccc6n6c7ccccc7nc6c5c5ccccc45)n3)cc2)cc1. The molecule has 4 nitrogen and oxygen atoms in total. The Bertz CT molecular complexity index is 2860. The fourth-order valence-corrected chi connectivity index (χ4v) is 7.29. The first-order chi connectivity index (χ1) is 24.3. The minimum Gasteiger partial charge on any atom is -0.292 e. The van der Waals surface area contributed by atoms with Crippen LogP contribution in [0.5, 0.6) is 0 Å². The molecule has 10 rings (SSSR count). The lowest BCUT2D eigenvalue weighted by atomic mass is 9.93. The molecule has 0 saturated carbocycles. The van der Waals surface area contributed by atoms with Crippen molar-refractivity contribution in [3.63, 3.8) is 0 Å². The van der Waals surface area contributed by atoms with Gasteiger partial charge < -0.3 is 0 Å². The molecule has 3 aromatic heterocycles. The van der Waals surface area contributed by atoms with E-state index in [0.29, 0.717) is 5.82 Å². The average Bonchev–Trinajstić information content (AvgIpc) is 3.58. The van der Waals surface area contributed by atoms with E-state index in [2.05, 4.69) is 162 Å². The smallest absolute Gasteiger partial charge is 0.160 e. The number of fused-ring (bicyclic) bond motifs is 10. The van der Waals surface area contributed by atoms with E-state index in [1.165, 1.54) is 10.9 Å². The fraction of sp³-hybridized carbons (Fsp3) is 0. The van der Waals surface area contributed by atoms with E-state index in [-0.39, 0.29) is 0 Å². The quantitative estimate of drug-likeness (QED) is 0.183. The van der Waals surface area contributed by atoms with Crippen molar-refractivity contribution in [3.05, 3.63) is 170 Å². The highest BCUT2D eigenvalue weighted by molar-refractivity contribution is 6.25. The summed E-state index contributed by atoms with van der Waals surface area (Å²) in [5.41, 5.74) is 11.4. The van der Waals surface area contributed by atoms with Crippen LogP contribution in [0, 0.1) is 0 Å². The van der Waals surface area contributed by atoms with Gasteiger partial charge in [-0.1, -0.05) is 140 Å². The van der Waals surface area contributed by atoms with Crippen LogP contribution in [0.4, 0.5) is 0 Å². The first kappa shape index (κ1) is 27.5. The van der Waals surface area contributed by atoms with E-state index in [1.54, 1.807) is 0 Å². The molecule has 0 bridgehead atoms. The van der Waals surface area contributed by atoms with Gasteiger partial charge in [0.15, 0.2) is 5.82 Å². The Morgan fingerprint density at radius 2 is 0.939 bits per heavy atom. The summed E-state index contributed by atoms with van der Waals surface area (Å²) in [5.74, 6) is 0.694. The van der Waals surface area contributed by atoms with Gasteiger partial charge in [-0.25, -0.2) is 15.0 Å². The third-order valence-corrected chi connectivity index (χ3v) is 9.59. The second-order valence-corrected chi connectivity index (χ2v) is 12.4. The van der Waals surface area contributed by atoms with Gasteiger partial charge in [-0.3, -0.25) is 4.40 Å². The third-order valence-electron chi connectivity index (χ3n) is 9.59. The van der Waals surface area contributed by atoms with E-state index >= 15 is 0 Å². The molecular formula is C45H28N4. The maximum atomic E-state index is 5.30. The standard InChI is InChI=1S/C45H28N4/c1-3-13-29(14-4-1)30-23-25-32(26-24-30)44-46-39(31-15-5-2-6-16-31)28-40(47-44)36-27-37-34-18-9-11-21-41(34)49-42-22-12-10-20-38(42)48-45(49)43(37)35-19-8-7-17-33(35)36/h1-28H. The lowest BCUT2D eigenvalue weighted by Crippen LogP contribution is -1.98. The maximum Gasteiger partial charge on any atom is 0.160 e. The third kappa shape index (κ3) is 4.42. The molecule has 0 aliphatic rings. The summed E-state index contributed by atoms with van der Waals surface area (Å²) in [4.78, 5) is 15.7. The van der Waals surface area contributed by atoms with Crippen LogP contribution in [0.2, 0.25) is 0 Å². The maximum absolute atomic E-state index is 5.30. The van der Waals surface area contributed by atoms with Gasteiger partial charge in [0.1, 0.15) is 5.65 Å². The fourth-order valence-electron chi connectivity index (χ4n) is 7.29. The summed E-state index contributed by atoms with van der Waals surface area (Å²) in [5, 5.41) is 5.75. The Kier molecular flexibility index (Phi) is 6.15. The summed E-state index contributed by atoms with van der Waals surface area (Å²) in [6.07, 6.45) is 0. The largest absolute Gasteiger partial charge is 0.292 e. The Labute approximate surface area is 282 Å². The zero-order chi connectivity index (χ0) is 32.3. The molecule has 0 amide bonds. The van der Waals surface area contributed by atoms with Gasteiger partial charge in [0.25, 0.3) is 0 Å². The van der Waals surface area contributed by atoms with E-state index in [0.717, 1.165) is 77.4 Å². The molecule has 3 heterocycles. The molecule has 0 aliphatic carbocycles. The molecule has 228 valence electrons. The van der Waals surface area contributed by atoms with Crippen molar-refractivity contribution in [1.82, 2.24) is 19.4 Å². The monoisotopic (exact) mass is 624 g/mol. The summed E-state index contributed by atoms with van der Waals surface area (Å²) in [6, 6.07) is 59.5. The Hall–Kier alpha value is -6.65. The van der Waals surface area contributed by atoms with Crippen LogP contribution in [-0.2, 0) is 0 Å². The van der Waals surface area contributed by atoms with E-state index in [9.17, 15) is 0 Å². The molecule has 0 unspecified atom stereocenters. The molecule has 0 saturated heterocycles. The minimum atomic E-state index is 0.694. The lowest BCUT2D eigenvalue weighted by molar-refractivity contribution is 1.19. The molecule has 0 radical (unpaired) electrons. The molecule has 0 spiro atoms. The number of imidazole rings is 1. The number of hydrogen-bond acceptors (Lipinski definition) is 3. The zero-order valence-electron chi connectivity index (χ0n) is 26.5. The zero-order valence-corrected chi connectivity index (χ0v) is 26.5. The number of pyridine rings is 1. The van der Waals surface area contributed by atoms with Crippen molar-refractivity contribution >= 4 is 49.1 Å². The second kappa shape index (κ2) is 11.0. The van der Waals surface area contributed by atoms with E-state index in [1.807, 2.05) is 12.1 Å². The van der Waals surface area contributed by atoms with Gasteiger partial charge in [-0.2, -0.15) is 0 Å². The van der Waals surface area contributed by atoms with Gasteiger partial charge in [0.05, 0.1) is 27.9 Å². The number of para-hydroxylation sites is 3. The Morgan fingerprint density at radius 1 is 0.367 bits per heavy atom. The Morgan fingerprint density at radius 3 is 1.71 bits per heavy atom. The molecule has 7 aromatic carbocycles. The van der Waals surface area contributed by atoms with Gasteiger partial charge in [0, 0.05) is 27.5 Å². The summed E-state index contributed by atoms with van der Waals surface area (Å²) < 4.78 is 2.31. The molecule has 0 fully saturated rings. The van der Waals surface area contributed by atoms with Crippen molar-refractivity contribution in [2.75, 3.05) is 0 Å². The van der Waals surface area contributed by atoms with Crippen molar-refractivity contribution in [2.45, 2.75) is 0 Å². The molecule has 49 heavy (non-hydrogen) atoms. The lowest BCUT2D eigenvalue weighted by Gasteiger charge is -2.16. The van der Waals surface area contributed by atoms with Gasteiger partial charge in [-0.05, 0) is 57.6 Å². The predicted molar refractivity (Wildman–Crippen MR) is 203 cm³/mol. The molecule has 4 heteroatoms. The molecule has 0 N–H and O–H groups in total. The average molecular weight is 625 g/mol. The number of aromatic nitrogens is 4. The first-order valence-corrected chi connectivity index (χ1v) is 16.5. The highest BCUT2D eigenvalue weighted by atomic mass is 15.0. The van der Waals surface area contributed by atoms with Crippen molar-refractivity contribution in [1.29, 1.82) is 0 Å². The highest BCUT2D eigenvalue weighted by Crippen LogP contribution is 2.41. The van der Waals surface area contributed by atoms with E-state index < -0.39 is 0 Å². The summed E-state index contributed by atoms with van der Waals surface area (Å²) >= 11 is 0. The molecule has 10 aromatic rings. The highest BCUT2D eigenvalue weighted by Gasteiger charge is 2.20. The normalized spacial score (nSPS) is 11.7. The van der Waals surface area contributed by atoms with Crippen LogP contribution in [0.15, 0.2) is 170 Å². The predicted octanol–water partition coefficient (Wildman–Crippen LogP) is 11.4. The molecular weight excluding hydrogens is 597 g/mol. The van der Waals surface area contributed by atoms with Crippen LogP contribution in [0.1, 0.15) is 0 Å². The van der Waals surface area contributed by atoms with Gasteiger partial charge >= 0.3 is 0 Å². The van der Waals surface area contributed by atoms with Crippen LogP contribution >= 0.6 is 0 Å².